The Bertz CT molecular complexity index is 565. The van der Waals surface area contributed by atoms with Crippen molar-refractivity contribution in [2.24, 2.45) is 5.16 Å². The van der Waals surface area contributed by atoms with Crippen LogP contribution in [0.3, 0.4) is 0 Å². The van der Waals surface area contributed by atoms with Gasteiger partial charge in [0.1, 0.15) is 0 Å². The van der Waals surface area contributed by atoms with Crippen molar-refractivity contribution < 1.29 is 23.2 Å². The average molecular weight is 316 g/mol. The van der Waals surface area contributed by atoms with Crippen LogP contribution >= 0.6 is 7.82 Å². The van der Waals surface area contributed by atoms with Crippen LogP contribution in [0.5, 0.6) is 0 Å². The number of rotatable bonds is 8. The molecule has 0 saturated carbocycles. The summed E-state index contributed by atoms with van der Waals surface area (Å²) in [5.41, 5.74) is 0.724. The Morgan fingerprint density at radius 2 is 1.95 bits per heavy atom. The van der Waals surface area contributed by atoms with Crippen molar-refractivity contribution >= 4 is 19.2 Å². The topological polar surface area (TPSA) is 100 Å². The van der Waals surface area contributed by atoms with Gasteiger partial charge in [0.15, 0.2) is 0 Å². The minimum absolute atomic E-state index is 0.0696. The maximum absolute atomic E-state index is 12.0. The first-order valence-electron chi connectivity index (χ1n) is 6.29. The monoisotopic (exact) mass is 316 g/mol. The molecule has 0 fully saturated rings. The summed E-state index contributed by atoms with van der Waals surface area (Å²) in [4.78, 5) is 10.2. The number of benzene rings is 1. The fraction of sp³-hybridized carbons (Fsp3) is 0.417. The molecular weight excluding hydrogens is 299 g/mol. The zero-order valence-electron chi connectivity index (χ0n) is 12.0. The minimum atomic E-state index is -3.75. The standard InChI is InChI=1S/C12H17N2O6P/c1-4-18-21(17,19-5-2)20-13-10(3)11-7-6-8-12(9-11)14(15)16/h6-9H,4-5H2,1-3H3/b13-10-. The van der Waals surface area contributed by atoms with Crippen LogP contribution in [0.2, 0.25) is 0 Å². The number of non-ortho nitro benzene ring substituents is 1. The van der Waals surface area contributed by atoms with E-state index in [1.165, 1.54) is 18.2 Å². The average Bonchev–Trinajstić information content (AvgIpc) is 2.45. The van der Waals surface area contributed by atoms with E-state index in [4.69, 9.17) is 13.7 Å². The summed E-state index contributed by atoms with van der Waals surface area (Å²) < 4.78 is 26.7. The molecule has 0 aromatic heterocycles. The van der Waals surface area contributed by atoms with E-state index in [0.29, 0.717) is 11.3 Å². The number of hydrogen-bond acceptors (Lipinski definition) is 7. The smallest absolute Gasteiger partial charge is 0.292 e. The summed E-state index contributed by atoms with van der Waals surface area (Å²) in [6.07, 6.45) is 0. The normalized spacial score (nSPS) is 12.2. The lowest BCUT2D eigenvalue weighted by atomic mass is 10.1. The van der Waals surface area contributed by atoms with Gasteiger partial charge in [0, 0.05) is 17.7 Å². The summed E-state index contributed by atoms with van der Waals surface area (Å²) in [6.45, 7) is 5.14. The van der Waals surface area contributed by atoms with Gasteiger partial charge >= 0.3 is 7.82 Å². The summed E-state index contributed by atoms with van der Waals surface area (Å²) in [5.74, 6) is 0. The van der Waals surface area contributed by atoms with Crippen LogP contribution in [0.4, 0.5) is 5.69 Å². The van der Waals surface area contributed by atoms with Gasteiger partial charge in [-0.2, -0.15) is 0 Å². The van der Waals surface area contributed by atoms with E-state index < -0.39 is 12.7 Å². The fourth-order valence-electron chi connectivity index (χ4n) is 1.41. The molecule has 9 heteroatoms. The van der Waals surface area contributed by atoms with E-state index in [1.54, 1.807) is 26.8 Å². The summed E-state index contributed by atoms with van der Waals surface area (Å²) in [6, 6.07) is 5.86. The molecule has 0 aliphatic carbocycles. The van der Waals surface area contributed by atoms with Crippen molar-refractivity contribution in [3.05, 3.63) is 39.9 Å². The Kier molecular flexibility index (Phi) is 6.48. The molecule has 0 aliphatic heterocycles. The lowest BCUT2D eigenvalue weighted by molar-refractivity contribution is -0.384. The maximum Gasteiger partial charge on any atom is 0.550 e. The SMILES string of the molecule is CCOP(=O)(OCC)O/N=C(/C)c1cccc([N+](=O)[O-])c1. The second-order valence-electron chi connectivity index (χ2n) is 3.85. The quantitative estimate of drug-likeness (QED) is 0.315. The molecule has 0 aliphatic rings. The minimum Gasteiger partial charge on any atom is -0.292 e. The van der Waals surface area contributed by atoms with Crippen LogP contribution in [0.25, 0.3) is 0 Å². The van der Waals surface area contributed by atoms with Gasteiger partial charge in [0.2, 0.25) is 0 Å². The summed E-state index contributed by atoms with van der Waals surface area (Å²) in [7, 11) is -3.75. The number of nitrogens with zero attached hydrogens (tertiary/aromatic N) is 2. The highest BCUT2D eigenvalue weighted by Crippen LogP contribution is 2.49. The zero-order valence-corrected chi connectivity index (χ0v) is 12.9. The second kappa shape index (κ2) is 7.87. The number of phosphoric ester groups is 1. The first-order valence-corrected chi connectivity index (χ1v) is 7.75. The lowest BCUT2D eigenvalue weighted by Crippen LogP contribution is -2.01. The Morgan fingerprint density at radius 3 is 2.48 bits per heavy atom. The van der Waals surface area contributed by atoms with Crippen molar-refractivity contribution in [3.8, 4) is 0 Å². The number of phosphoric acid groups is 1. The Hall–Kier alpha value is -1.76. The second-order valence-corrected chi connectivity index (χ2v) is 5.42. The third-order valence-electron chi connectivity index (χ3n) is 2.33. The maximum atomic E-state index is 12.0. The Morgan fingerprint density at radius 1 is 1.33 bits per heavy atom. The van der Waals surface area contributed by atoms with E-state index >= 15 is 0 Å². The van der Waals surface area contributed by atoms with E-state index in [0.717, 1.165) is 0 Å². The molecule has 0 radical (unpaired) electrons. The van der Waals surface area contributed by atoms with Crippen LogP contribution in [-0.4, -0.2) is 23.8 Å². The molecule has 116 valence electrons. The van der Waals surface area contributed by atoms with Crippen molar-refractivity contribution in [2.75, 3.05) is 13.2 Å². The van der Waals surface area contributed by atoms with Gasteiger partial charge in [-0.15, -0.1) is 0 Å². The molecule has 1 aromatic rings. The third kappa shape index (κ3) is 5.26. The molecule has 0 N–H and O–H groups in total. The van der Waals surface area contributed by atoms with Gasteiger partial charge in [0.25, 0.3) is 5.69 Å². The summed E-state index contributed by atoms with van der Waals surface area (Å²) >= 11 is 0. The van der Waals surface area contributed by atoms with Crippen molar-refractivity contribution in [1.82, 2.24) is 0 Å². The van der Waals surface area contributed by atoms with Crippen LogP contribution in [-0.2, 0) is 18.2 Å². The predicted octanol–water partition coefficient (Wildman–Crippen LogP) is 3.52. The largest absolute Gasteiger partial charge is 0.550 e. The number of nitro benzene ring substituents is 1. The zero-order chi connectivity index (χ0) is 15.9. The highest BCUT2D eigenvalue weighted by atomic mass is 31.2. The number of hydrogen-bond donors (Lipinski definition) is 0. The molecule has 21 heavy (non-hydrogen) atoms. The molecule has 0 saturated heterocycles. The van der Waals surface area contributed by atoms with Crippen LogP contribution < -0.4 is 0 Å². The first kappa shape index (κ1) is 17.3. The molecule has 8 nitrogen and oxygen atoms in total. The van der Waals surface area contributed by atoms with Gasteiger partial charge in [-0.1, -0.05) is 17.3 Å². The van der Waals surface area contributed by atoms with E-state index in [1.807, 2.05) is 0 Å². The lowest BCUT2D eigenvalue weighted by Gasteiger charge is -2.13. The molecule has 0 heterocycles. The van der Waals surface area contributed by atoms with Gasteiger partial charge in [-0.25, -0.2) is 4.57 Å². The molecule has 0 unspecified atom stereocenters. The van der Waals surface area contributed by atoms with Gasteiger partial charge < -0.3 is 0 Å². The molecular formula is C12H17N2O6P. The number of nitro groups is 1. The van der Waals surface area contributed by atoms with Crippen molar-refractivity contribution in [1.29, 1.82) is 0 Å². The van der Waals surface area contributed by atoms with E-state index in [2.05, 4.69) is 5.16 Å². The fourth-order valence-corrected chi connectivity index (χ4v) is 2.43. The van der Waals surface area contributed by atoms with Gasteiger partial charge in [-0.05, 0) is 20.8 Å². The molecule has 0 atom stereocenters. The van der Waals surface area contributed by atoms with Crippen molar-refractivity contribution in [3.63, 3.8) is 0 Å². The van der Waals surface area contributed by atoms with Crippen molar-refractivity contribution in [2.45, 2.75) is 20.8 Å². The van der Waals surface area contributed by atoms with E-state index in [-0.39, 0.29) is 18.9 Å². The molecule has 0 spiro atoms. The third-order valence-corrected chi connectivity index (χ3v) is 3.76. The highest BCUT2D eigenvalue weighted by Gasteiger charge is 2.27. The highest BCUT2D eigenvalue weighted by molar-refractivity contribution is 7.48. The molecule has 0 bridgehead atoms. The summed E-state index contributed by atoms with van der Waals surface area (Å²) in [5, 5.41) is 14.4. The molecule has 1 rings (SSSR count). The van der Waals surface area contributed by atoms with Crippen LogP contribution in [0.15, 0.2) is 29.4 Å². The number of oxime groups is 1. The van der Waals surface area contributed by atoms with Gasteiger partial charge in [-0.3, -0.25) is 23.8 Å². The Balaban J connectivity index is 2.91. The van der Waals surface area contributed by atoms with Crippen LogP contribution in [0.1, 0.15) is 26.3 Å². The van der Waals surface area contributed by atoms with E-state index in [9.17, 15) is 14.7 Å². The van der Waals surface area contributed by atoms with Crippen LogP contribution in [0, 0.1) is 10.1 Å². The predicted molar refractivity (Wildman–Crippen MR) is 77.3 cm³/mol. The Labute approximate surface area is 122 Å². The molecule has 0 amide bonds. The molecule has 1 aromatic carbocycles. The van der Waals surface area contributed by atoms with Gasteiger partial charge in [0.05, 0.1) is 23.8 Å². The first-order chi connectivity index (χ1) is 9.91.